The minimum Gasteiger partial charge on any atom is -0.497 e. The highest BCUT2D eigenvalue weighted by molar-refractivity contribution is 7.21. The molecule has 0 amide bonds. The summed E-state index contributed by atoms with van der Waals surface area (Å²) in [4.78, 5) is 12.2. The Morgan fingerprint density at radius 2 is 1.96 bits per heavy atom. The molecule has 0 spiro atoms. The third-order valence-electron chi connectivity index (χ3n) is 4.15. The third-order valence-corrected chi connectivity index (χ3v) is 5.15. The molecule has 5 nitrogen and oxygen atoms in total. The lowest BCUT2D eigenvalue weighted by Crippen LogP contribution is -2.16. The van der Waals surface area contributed by atoms with E-state index in [0.29, 0.717) is 12.1 Å². The highest BCUT2D eigenvalue weighted by atomic mass is 35.5. The van der Waals surface area contributed by atoms with Crippen molar-refractivity contribution in [2.24, 2.45) is 0 Å². The zero-order chi connectivity index (χ0) is 18.6. The van der Waals surface area contributed by atoms with Crippen LogP contribution in [0.2, 0.25) is 0 Å². The zero-order valence-electron chi connectivity index (χ0n) is 15.1. The normalized spacial score (nSPS) is 10.1. The first kappa shape index (κ1) is 19.6. The van der Waals surface area contributed by atoms with Crippen molar-refractivity contribution in [3.05, 3.63) is 78.0 Å². The predicted octanol–water partition coefficient (Wildman–Crippen LogP) is 5.33. The summed E-state index contributed by atoms with van der Waals surface area (Å²) in [5.74, 6) is 0.780. The Labute approximate surface area is 173 Å². The summed E-state index contributed by atoms with van der Waals surface area (Å²) < 4.78 is 5.39. The molecular formula is C21H17ClN4OS. The van der Waals surface area contributed by atoms with Gasteiger partial charge in [-0.05, 0) is 42.0 Å². The van der Waals surface area contributed by atoms with E-state index in [1.807, 2.05) is 54.6 Å². The smallest absolute Gasteiger partial charge is 0.192 e. The number of anilines is 2. The van der Waals surface area contributed by atoms with E-state index in [2.05, 4.69) is 16.0 Å². The van der Waals surface area contributed by atoms with Gasteiger partial charge in [0.05, 0.1) is 25.3 Å². The van der Waals surface area contributed by atoms with Crippen LogP contribution in [0.1, 0.15) is 11.1 Å². The van der Waals surface area contributed by atoms with Crippen LogP contribution >= 0.6 is 23.7 Å². The van der Waals surface area contributed by atoms with Gasteiger partial charge >= 0.3 is 0 Å². The van der Waals surface area contributed by atoms with Crippen LogP contribution in [-0.2, 0) is 6.54 Å². The van der Waals surface area contributed by atoms with Crippen LogP contribution in [0.4, 0.5) is 10.8 Å². The summed E-state index contributed by atoms with van der Waals surface area (Å²) >= 11 is 1.54. The van der Waals surface area contributed by atoms with Crippen LogP contribution in [-0.4, -0.2) is 17.1 Å². The first-order valence-corrected chi connectivity index (χ1v) is 9.20. The van der Waals surface area contributed by atoms with E-state index in [0.717, 1.165) is 32.5 Å². The molecule has 0 unspecified atom stereocenters. The monoisotopic (exact) mass is 408 g/mol. The number of pyridine rings is 1. The molecule has 140 valence electrons. The van der Waals surface area contributed by atoms with Gasteiger partial charge in [-0.15, -0.1) is 12.4 Å². The van der Waals surface area contributed by atoms with Crippen LogP contribution in [0.5, 0.6) is 5.75 Å². The van der Waals surface area contributed by atoms with Crippen molar-refractivity contribution in [1.29, 1.82) is 5.26 Å². The first-order valence-electron chi connectivity index (χ1n) is 8.39. The summed E-state index contributed by atoms with van der Waals surface area (Å²) in [6.45, 7) is 0.586. The fourth-order valence-corrected chi connectivity index (χ4v) is 3.77. The summed E-state index contributed by atoms with van der Waals surface area (Å²) in [7, 11) is 1.65. The number of fused-ring (bicyclic) bond motifs is 1. The number of nitrogens with zero attached hydrogens (tertiary/aromatic N) is 4. The van der Waals surface area contributed by atoms with Gasteiger partial charge in [-0.1, -0.05) is 29.5 Å². The third kappa shape index (κ3) is 4.06. The van der Waals surface area contributed by atoms with E-state index in [1.54, 1.807) is 30.7 Å². The Bertz CT molecular complexity index is 1110. The molecule has 28 heavy (non-hydrogen) atoms. The topological polar surface area (TPSA) is 62.0 Å². The Morgan fingerprint density at radius 3 is 2.75 bits per heavy atom. The maximum atomic E-state index is 9.20. The number of halogens is 1. The number of ether oxygens (including phenoxy) is 1. The van der Waals surface area contributed by atoms with E-state index >= 15 is 0 Å². The van der Waals surface area contributed by atoms with Crippen molar-refractivity contribution in [2.75, 3.05) is 12.0 Å². The molecule has 0 saturated carbocycles. The maximum absolute atomic E-state index is 9.20. The highest BCUT2D eigenvalue weighted by Gasteiger charge is 2.16. The number of benzene rings is 2. The van der Waals surface area contributed by atoms with Crippen molar-refractivity contribution in [1.82, 2.24) is 9.97 Å². The van der Waals surface area contributed by atoms with Crippen LogP contribution in [0.15, 0.2) is 66.9 Å². The van der Waals surface area contributed by atoms with Gasteiger partial charge in [0.2, 0.25) is 0 Å². The molecule has 0 radical (unpaired) electrons. The molecule has 2 heterocycles. The second-order valence-electron chi connectivity index (χ2n) is 5.92. The molecule has 0 N–H and O–H groups in total. The predicted molar refractivity (Wildman–Crippen MR) is 115 cm³/mol. The van der Waals surface area contributed by atoms with Gasteiger partial charge in [0.15, 0.2) is 5.13 Å². The summed E-state index contributed by atoms with van der Waals surface area (Å²) in [6, 6.07) is 21.5. The largest absolute Gasteiger partial charge is 0.497 e. The van der Waals surface area contributed by atoms with Crippen molar-refractivity contribution in [3.63, 3.8) is 0 Å². The van der Waals surface area contributed by atoms with Crippen molar-refractivity contribution in [2.45, 2.75) is 6.54 Å². The maximum Gasteiger partial charge on any atom is 0.192 e. The Kier molecular flexibility index (Phi) is 6.09. The van der Waals surface area contributed by atoms with Gasteiger partial charge in [0.1, 0.15) is 16.1 Å². The standard InChI is InChI=1S/C21H16N4OS.ClH/c1-26-18-8-3-7-17(12-18)25(14-16-6-2-5-15(11-16)13-22)21-24-19-9-4-10-23-20(19)27-21;/h2-12H,14H2,1H3;1H. The van der Waals surface area contributed by atoms with Gasteiger partial charge in [0.25, 0.3) is 0 Å². The molecule has 0 aliphatic carbocycles. The summed E-state index contributed by atoms with van der Waals surface area (Å²) in [6.07, 6.45) is 1.77. The Morgan fingerprint density at radius 1 is 1.11 bits per heavy atom. The number of thiazole rings is 1. The molecule has 0 fully saturated rings. The van der Waals surface area contributed by atoms with Crippen molar-refractivity contribution < 1.29 is 4.74 Å². The molecule has 2 aromatic carbocycles. The Hall–Kier alpha value is -3.14. The van der Waals surface area contributed by atoms with Gasteiger partial charge in [-0.2, -0.15) is 5.26 Å². The van der Waals surface area contributed by atoms with E-state index < -0.39 is 0 Å². The van der Waals surface area contributed by atoms with E-state index in [-0.39, 0.29) is 12.4 Å². The summed E-state index contributed by atoms with van der Waals surface area (Å²) in [5, 5.41) is 10.0. The molecule has 0 aliphatic rings. The summed E-state index contributed by atoms with van der Waals surface area (Å²) in [5.41, 5.74) is 3.51. The minimum absolute atomic E-state index is 0. The van der Waals surface area contributed by atoms with Crippen LogP contribution in [0.25, 0.3) is 10.3 Å². The average molecular weight is 409 g/mol. The van der Waals surface area contributed by atoms with Gasteiger partial charge in [-0.3, -0.25) is 0 Å². The van der Waals surface area contributed by atoms with Gasteiger partial charge in [-0.25, -0.2) is 9.97 Å². The van der Waals surface area contributed by atoms with Gasteiger partial charge in [0, 0.05) is 18.0 Å². The lowest BCUT2D eigenvalue weighted by atomic mass is 10.1. The number of methoxy groups -OCH3 is 1. The van der Waals surface area contributed by atoms with Crippen LogP contribution in [0.3, 0.4) is 0 Å². The number of nitriles is 1. The Balaban J connectivity index is 0.00000225. The lowest BCUT2D eigenvalue weighted by Gasteiger charge is -2.22. The zero-order valence-corrected chi connectivity index (χ0v) is 16.7. The average Bonchev–Trinajstić information content (AvgIpc) is 3.16. The fourth-order valence-electron chi connectivity index (χ4n) is 2.84. The SMILES string of the molecule is COc1cccc(N(Cc2cccc(C#N)c2)c2nc3cccnc3s2)c1.Cl. The van der Waals surface area contributed by atoms with Gasteiger partial charge < -0.3 is 9.64 Å². The molecule has 2 aromatic heterocycles. The second-order valence-corrected chi connectivity index (χ2v) is 6.88. The highest BCUT2D eigenvalue weighted by Crippen LogP contribution is 2.35. The molecule has 4 aromatic rings. The molecule has 4 rings (SSSR count). The van der Waals surface area contributed by atoms with E-state index in [9.17, 15) is 5.26 Å². The van der Waals surface area contributed by atoms with Crippen molar-refractivity contribution in [3.8, 4) is 11.8 Å². The molecular weight excluding hydrogens is 392 g/mol. The molecule has 7 heteroatoms. The number of hydrogen-bond acceptors (Lipinski definition) is 6. The molecule has 0 saturated heterocycles. The molecule has 0 bridgehead atoms. The number of hydrogen-bond donors (Lipinski definition) is 0. The van der Waals surface area contributed by atoms with Crippen LogP contribution < -0.4 is 9.64 Å². The van der Waals surface area contributed by atoms with E-state index in [4.69, 9.17) is 9.72 Å². The molecule has 0 atom stereocenters. The van der Waals surface area contributed by atoms with Crippen LogP contribution in [0, 0.1) is 11.3 Å². The number of aromatic nitrogens is 2. The second kappa shape index (κ2) is 8.70. The lowest BCUT2D eigenvalue weighted by molar-refractivity contribution is 0.415. The quantitative estimate of drug-likeness (QED) is 0.446. The fraction of sp³-hybridized carbons (Fsp3) is 0.0952. The number of rotatable bonds is 5. The first-order chi connectivity index (χ1) is 13.3. The van der Waals surface area contributed by atoms with E-state index in [1.165, 1.54) is 0 Å². The minimum atomic E-state index is 0. The molecule has 0 aliphatic heterocycles. The van der Waals surface area contributed by atoms with Crippen molar-refractivity contribution >= 4 is 44.9 Å².